The van der Waals surface area contributed by atoms with Crippen molar-refractivity contribution < 1.29 is 29.3 Å². The molecule has 7 nitrogen and oxygen atoms in total. The van der Waals surface area contributed by atoms with E-state index < -0.39 is 35.6 Å². The lowest BCUT2D eigenvalue weighted by Gasteiger charge is -2.24. The lowest BCUT2D eigenvalue weighted by Crippen LogP contribution is -2.47. The molecule has 0 rings (SSSR count). The molecule has 0 bridgehead atoms. The average molecular weight is 261 g/mol. The van der Waals surface area contributed by atoms with Crippen LogP contribution in [0.5, 0.6) is 0 Å². The van der Waals surface area contributed by atoms with Gasteiger partial charge in [0.05, 0.1) is 6.42 Å². The molecule has 0 saturated carbocycles. The largest absolute Gasteiger partial charge is 0.481 e. The molecule has 0 fully saturated rings. The summed E-state index contributed by atoms with van der Waals surface area (Å²) in [7, 11) is 0. The van der Waals surface area contributed by atoms with E-state index in [1.54, 1.807) is 20.8 Å². The Kier molecular flexibility index (Phi) is 5.61. The minimum absolute atomic E-state index is 0.354. The Labute approximate surface area is 105 Å². The molecule has 0 aromatic rings. The van der Waals surface area contributed by atoms with Crippen molar-refractivity contribution in [1.29, 1.82) is 0 Å². The van der Waals surface area contributed by atoms with Gasteiger partial charge < -0.3 is 20.3 Å². The monoisotopic (exact) mass is 261 g/mol. The molecule has 3 N–H and O–H groups in total. The molecule has 0 unspecified atom stereocenters. The molecule has 18 heavy (non-hydrogen) atoms. The summed E-state index contributed by atoms with van der Waals surface area (Å²) in [6.45, 7) is 6.36. The van der Waals surface area contributed by atoms with E-state index in [4.69, 9.17) is 14.9 Å². The van der Waals surface area contributed by atoms with Crippen molar-refractivity contribution in [3.05, 3.63) is 0 Å². The van der Waals surface area contributed by atoms with Crippen LogP contribution in [0.3, 0.4) is 0 Å². The van der Waals surface area contributed by atoms with Crippen molar-refractivity contribution >= 4 is 18.0 Å². The first-order valence-electron chi connectivity index (χ1n) is 5.47. The number of ether oxygens (including phenoxy) is 1. The summed E-state index contributed by atoms with van der Waals surface area (Å²) in [5, 5.41) is 19.7. The molecule has 0 spiro atoms. The van der Waals surface area contributed by atoms with E-state index in [1.807, 2.05) is 0 Å². The van der Waals surface area contributed by atoms with Gasteiger partial charge in [-0.15, -0.1) is 0 Å². The van der Waals surface area contributed by atoms with E-state index in [2.05, 4.69) is 5.32 Å². The number of rotatable bonds is 5. The lowest BCUT2D eigenvalue weighted by molar-refractivity contribution is -0.142. The van der Waals surface area contributed by atoms with E-state index in [9.17, 15) is 14.4 Å². The Hall–Kier alpha value is -1.79. The van der Waals surface area contributed by atoms with Crippen LogP contribution in [0.1, 0.15) is 34.1 Å². The van der Waals surface area contributed by atoms with Gasteiger partial charge in [-0.25, -0.2) is 9.59 Å². The smallest absolute Gasteiger partial charge is 0.408 e. The molecule has 0 aromatic heterocycles. The highest BCUT2D eigenvalue weighted by atomic mass is 16.6. The van der Waals surface area contributed by atoms with Crippen LogP contribution >= 0.6 is 0 Å². The maximum absolute atomic E-state index is 11.4. The van der Waals surface area contributed by atoms with Crippen molar-refractivity contribution in [1.82, 2.24) is 5.32 Å². The van der Waals surface area contributed by atoms with Crippen molar-refractivity contribution in [2.45, 2.75) is 45.8 Å². The van der Waals surface area contributed by atoms with Gasteiger partial charge in [0, 0.05) is 0 Å². The quantitative estimate of drug-likeness (QED) is 0.682. The third-order valence-corrected chi connectivity index (χ3v) is 2.00. The molecule has 7 heteroatoms. The molecular formula is C11H19NO6. The van der Waals surface area contributed by atoms with E-state index in [0.29, 0.717) is 0 Å². The van der Waals surface area contributed by atoms with Gasteiger partial charge in [0.1, 0.15) is 11.6 Å². The van der Waals surface area contributed by atoms with Gasteiger partial charge in [-0.1, -0.05) is 6.92 Å². The predicted molar refractivity (Wildman–Crippen MR) is 62.2 cm³/mol. The zero-order valence-corrected chi connectivity index (χ0v) is 10.9. The lowest BCUT2D eigenvalue weighted by atomic mass is 9.98. The zero-order chi connectivity index (χ0) is 14.5. The Morgan fingerprint density at radius 2 is 1.72 bits per heavy atom. The molecule has 0 aliphatic carbocycles. The minimum atomic E-state index is -1.30. The first kappa shape index (κ1) is 16.2. The van der Waals surface area contributed by atoms with Gasteiger partial charge in [0.25, 0.3) is 0 Å². The fourth-order valence-corrected chi connectivity index (χ4v) is 1.28. The van der Waals surface area contributed by atoms with Crippen LogP contribution in [-0.2, 0) is 14.3 Å². The van der Waals surface area contributed by atoms with Crippen LogP contribution in [0.25, 0.3) is 0 Å². The van der Waals surface area contributed by atoms with Gasteiger partial charge in [0.15, 0.2) is 0 Å². The number of carbonyl (C=O) groups excluding carboxylic acids is 1. The first-order chi connectivity index (χ1) is 8.03. The number of carbonyl (C=O) groups is 3. The molecule has 0 heterocycles. The van der Waals surface area contributed by atoms with E-state index in [-0.39, 0.29) is 6.42 Å². The minimum Gasteiger partial charge on any atom is -0.481 e. The fraction of sp³-hybridized carbons (Fsp3) is 0.727. The predicted octanol–water partition coefficient (Wildman–Crippen LogP) is 1.08. The number of alkyl carbamates (subject to hydrolysis) is 1. The molecule has 1 amide bonds. The fourth-order valence-electron chi connectivity index (χ4n) is 1.28. The normalized spacial score (nSPS) is 14.4. The van der Waals surface area contributed by atoms with E-state index in [0.717, 1.165) is 0 Å². The number of carboxylic acids is 2. The Morgan fingerprint density at radius 3 is 2.06 bits per heavy atom. The van der Waals surface area contributed by atoms with Gasteiger partial charge in [-0.3, -0.25) is 4.79 Å². The standard InChI is InChI=1S/C11H19NO6/c1-6(5-7(13)14)8(9(15)16)12-10(17)18-11(2,3)4/h6,8H,5H2,1-4H3,(H,12,17)(H,13,14)(H,15,16)/t6-,8-/m0/s1. The van der Waals surface area contributed by atoms with Crippen molar-refractivity contribution in [3.63, 3.8) is 0 Å². The highest BCUT2D eigenvalue weighted by Gasteiger charge is 2.29. The summed E-state index contributed by atoms with van der Waals surface area (Å²) in [6, 6.07) is -1.30. The molecule has 0 saturated heterocycles. The van der Waals surface area contributed by atoms with Crippen LogP contribution < -0.4 is 5.32 Å². The second kappa shape index (κ2) is 6.23. The Balaban J connectivity index is 4.59. The van der Waals surface area contributed by atoms with Gasteiger partial charge in [0.2, 0.25) is 0 Å². The second-order valence-corrected chi connectivity index (χ2v) is 5.04. The third-order valence-electron chi connectivity index (χ3n) is 2.00. The molecule has 0 radical (unpaired) electrons. The summed E-state index contributed by atoms with van der Waals surface area (Å²) >= 11 is 0. The van der Waals surface area contributed by atoms with Crippen LogP contribution in [0, 0.1) is 5.92 Å². The van der Waals surface area contributed by atoms with Gasteiger partial charge >= 0.3 is 18.0 Å². The summed E-state index contributed by atoms with van der Waals surface area (Å²) < 4.78 is 4.91. The number of hydrogen-bond acceptors (Lipinski definition) is 4. The van der Waals surface area contributed by atoms with Gasteiger partial charge in [-0.05, 0) is 26.7 Å². The van der Waals surface area contributed by atoms with Gasteiger partial charge in [-0.2, -0.15) is 0 Å². The highest BCUT2D eigenvalue weighted by molar-refractivity contribution is 5.81. The zero-order valence-electron chi connectivity index (χ0n) is 10.9. The summed E-state index contributed by atoms with van der Waals surface area (Å²) in [6.07, 6.45) is -1.24. The second-order valence-electron chi connectivity index (χ2n) is 5.04. The molecule has 0 aliphatic rings. The first-order valence-corrected chi connectivity index (χ1v) is 5.47. The summed E-state index contributed by atoms with van der Waals surface area (Å²) in [5.74, 6) is -3.16. The van der Waals surface area contributed by atoms with Crippen molar-refractivity contribution in [3.8, 4) is 0 Å². The molecular weight excluding hydrogens is 242 g/mol. The maximum Gasteiger partial charge on any atom is 0.408 e. The summed E-state index contributed by atoms with van der Waals surface area (Å²) in [5.41, 5.74) is -0.747. The van der Waals surface area contributed by atoms with E-state index in [1.165, 1.54) is 6.92 Å². The molecule has 2 atom stereocenters. The number of carboxylic acid groups (broad SMARTS) is 2. The van der Waals surface area contributed by atoms with Crippen LogP contribution in [-0.4, -0.2) is 39.9 Å². The van der Waals surface area contributed by atoms with Crippen molar-refractivity contribution in [2.75, 3.05) is 0 Å². The van der Waals surface area contributed by atoms with Crippen LogP contribution in [0.15, 0.2) is 0 Å². The van der Waals surface area contributed by atoms with Crippen LogP contribution in [0.2, 0.25) is 0 Å². The van der Waals surface area contributed by atoms with E-state index >= 15 is 0 Å². The Morgan fingerprint density at radius 1 is 1.22 bits per heavy atom. The maximum atomic E-state index is 11.4. The number of amides is 1. The Bertz CT molecular complexity index is 333. The average Bonchev–Trinajstić information content (AvgIpc) is 2.09. The molecule has 0 aromatic carbocycles. The van der Waals surface area contributed by atoms with Crippen LogP contribution in [0.4, 0.5) is 4.79 Å². The SMILES string of the molecule is C[C@@H](CC(=O)O)[C@H](NC(=O)OC(C)(C)C)C(=O)O. The number of aliphatic carboxylic acids is 2. The molecule has 0 aliphatic heterocycles. The van der Waals surface area contributed by atoms with Crippen molar-refractivity contribution in [2.24, 2.45) is 5.92 Å². The topological polar surface area (TPSA) is 113 Å². The summed E-state index contributed by atoms with van der Waals surface area (Å²) in [4.78, 5) is 32.9. The molecule has 104 valence electrons. The highest BCUT2D eigenvalue weighted by Crippen LogP contribution is 2.11. The number of nitrogens with one attached hydrogen (secondary N) is 1. The number of hydrogen-bond donors (Lipinski definition) is 3. The third kappa shape index (κ3) is 6.72.